The van der Waals surface area contributed by atoms with Crippen molar-refractivity contribution in [3.05, 3.63) is 133 Å². The Morgan fingerprint density at radius 2 is 1.26 bits per heavy atom. The Morgan fingerprint density at radius 1 is 0.658 bits per heavy atom. The lowest BCUT2D eigenvalue weighted by atomic mass is 9.97. The standard InChI is InChI=1S/C35H32N2O/c1-25(26-13-5-2-6-14-26)36-23-30(38)24-37-34(29-18-9-4-10-19-29)33(28-16-7-3-8-17-28)32-22-21-27-15-11-12-20-31(27)35(32)37/h2-22,25,30,36,38H,23-24H2,1H3/t25-,30+/m0/s1. The van der Waals surface area contributed by atoms with Gasteiger partial charge in [-0.15, -0.1) is 0 Å². The van der Waals surface area contributed by atoms with Crippen molar-refractivity contribution in [2.45, 2.75) is 25.6 Å². The summed E-state index contributed by atoms with van der Waals surface area (Å²) in [7, 11) is 0. The van der Waals surface area contributed by atoms with E-state index in [0.29, 0.717) is 13.1 Å². The van der Waals surface area contributed by atoms with Gasteiger partial charge in [0.1, 0.15) is 0 Å². The Kier molecular flexibility index (Phi) is 6.78. The van der Waals surface area contributed by atoms with Gasteiger partial charge in [-0.05, 0) is 29.0 Å². The molecule has 2 atom stereocenters. The van der Waals surface area contributed by atoms with Crippen LogP contribution >= 0.6 is 0 Å². The molecule has 0 aliphatic heterocycles. The van der Waals surface area contributed by atoms with E-state index in [1.807, 2.05) is 6.07 Å². The molecule has 3 heteroatoms. The largest absolute Gasteiger partial charge is 0.390 e. The lowest BCUT2D eigenvalue weighted by Gasteiger charge is -2.20. The molecule has 0 spiro atoms. The number of hydrogen-bond donors (Lipinski definition) is 2. The molecule has 0 bridgehead atoms. The number of aromatic nitrogens is 1. The zero-order chi connectivity index (χ0) is 25.9. The van der Waals surface area contributed by atoms with E-state index < -0.39 is 6.10 Å². The van der Waals surface area contributed by atoms with Crippen molar-refractivity contribution >= 4 is 21.7 Å². The molecule has 0 amide bonds. The fourth-order valence-corrected chi connectivity index (χ4v) is 5.55. The third-order valence-corrected chi connectivity index (χ3v) is 7.41. The first kappa shape index (κ1) is 24.2. The summed E-state index contributed by atoms with van der Waals surface area (Å²) in [6.07, 6.45) is -0.568. The highest BCUT2D eigenvalue weighted by atomic mass is 16.3. The SMILES string of the molecule is C[C@H](NC[C@@H](O)Cn1c(-c2ccccc2)c(-c2ccccc2)c2ccc3ccccc3c21)c1ccccc1. The van der Waals surface area contributed by atoms with E-state index in [9.17, 15) is 5.11 Å². The molecule has 1 aromatic heterocycles. The number of nitrogens with one attached hydrogen (secondary N) is 1. The lowest BCUT2D eigenvalue weighted by molar-refractivity contribution is 0.150. The van der Waals surface area contributed by atoms with E-state index in [1.165, 1.54) is 32.8 Å². The van der Waals surface area contributed by atoms with E-state index in [-0.39, 0.29) is 6.04 Å². The topological polar surface area (TPSA) is 37.2 Å². The van der Waals surface area contributed by atoms with E-state index in [2.05, 4.69) is 138 Å². The molecule has 5 aromatic carbocycles. The maximum Gasteiger partial charge on any atom is 0.0843 e. The number of fused-ring (bicyclic) bond motifs is 3. The van der Waals surface area contributed by atoms with Gasteiger partial charge >= 0.3 is 0 Å². The Labute approximate surface area is 224 Å². The average molecular weight is 497 g/mol. The quantitative estimate of drug-likeness (QED) is 0.225. The minimum Gasteiger partial charge on any atom is -0.390 e. The number of nitrogens with zero attached hydrogens (tertiary/aromatic N) is 1. The number of rotatable bonds is 8. The molecule has 0 radical (unpaired) electrons. The summed E-state index contributed by atoms with van der Waals surface area (Å²) in [6.45, 7) is 3.12. The highest BCUT2D eigenvalue weighted by Crippen LogP contribution is 2.43. The zero-order valence-corrected chi connectivity index (χ0v) is 21.6. The van der Waals surface area contributed by atoms with Crippen molar-refractivity contribution in [2.75, 3.05) is 6.54 Å². The third-order valence-electron chi connectivity index (χ3n) is 7.41. The van der Waals surface area contributed by atoms with E-state index in [0.717, 1.165) is 16.8 Å². The molecular formula is C35H32N2O. The summed E-state index contributed by atoms with van der Waals surface area (Å²) in [6, 6.07) is 44.7. The van der Waals surface area contributed by atoms with Crippen LogP contribution in [0.5, 0.6) is 0 Å². The minimum absolute atomic E-state index is 0.154. The van der Waals surface area contributed by atoms with Gasteiger partial charge in [0.15, 0.2) is 0 Å². The Bertz CT molecular complexity index is 1660. The van der Waals surface area contributed by atoms with Crippen molar-refractivity contribution < 1.29 is 5.11 Å². The molecule has 6 aromatic rings. The lowest BCUT2D eigenvalue weighted by Crippen LogP contribution is -2.32. The zero-order valence-electron chi connectivity index (χ0n) is 21.6. The fraction of sp³-hybridized carbons (Fsp3) is 0.143. The summed E-state index contributed by atoms with van der Waals surface area (Å²) in [5, 5.41) is 18.5. The second-order valence-electron chi connectivity index (χ2n) is 9.94. The van der Waals surface area contributed by atoms with Gasteiger partial charge in [-0.2, -0.15) is 0 Å². The number of aliphatic hydroxyl groups is 1. The van der Waals surface area contributed by atoms with E-state index >= 15 is 0 Å². The van der Waals surface area contributed by atoms with Crippen LogP contribution in [-0.2, 0) is 6.54 Å². The first-order valence-corrected chi connectivity index (χ1v) is 13.3. The molecule has 0 saturated carbocycles. The molecule has 0 aliphatic carbocycles. The van der Waals surface area contributed by atoms with Gasteiger partial charge in [0, 0.05) is 28.9 Å². The van der Waals surface area contributed by atoms with Gasteiger partial charge < -0.3 is 15.0 Å². The van der Waals surface area contributed by atoms with Gasteiger partial charge in [0.2, 0.25) is 0 Å². The average Bonchev–Trinajstić information content (AvgIpc) is 3.31. The normalized spacial score (nSPS) is 13.1. The van der Waals surface area contributed by atoms with E-state index in [4.69, 9.17) is 0 Å². The van der Waals surface area contributed by atoms with Crippen LogP contribution in [0, 0.1) is 0 Å². The van der Waals surface area contributed by atoms with Crippen LogP contribution in [0.1, 0.15) is 18.5 Å². The molecule has 1 heterocycles. The molecule has 0 aliphatic rings. The summed E-state index contributed by atoms with van der Waals surface area (Å²) < 4.78 is 2.34. The number of aliphatic hydroxyl groups excluding tert-OH is 1. The molecule has 38 heavy (non-hydrogen) atoms. The molecule has 0 unspecified atom stereocenters. The fourth-order valence-electron chi connectivity index (χ4n) is 5.55. The second kappa shape index (κ2) is 10.7. The van der Waals surface area contributed by atoms with Crippen LogP contribution in [0.4, 0.5) is 0 Å². The van der Waals surface area contributed by atoms with Crippen molar-refractivity contribution in [1.82, 2.24) is 9.88 Å². The first-order valence-electron chi connectivity index (χ1n) is 13.3. The van der Waals surface area contributed by atoms with Gasteiger partial charge in [-0.1, -0.05) is 127 Å². The maximum atomic E-state index is 11.4. The predicted octanol–water partition coefficient (Wildman–Crippen LogP) is 7.84. The van der Waals surface area contributed by atoms with Gasteiger partial charge in [0.25, 0.3) is 0 Å². The second-order valence-corrected chi connectivity index (χ2v) is 9.94. The maximum absolute atomic E-state index is 11.4. The smallest absolute Gasteiger partial charge is 0.0843 e. The first-order chi connectivity index (χ1) is 18.7. The van der Waals surface area contributed by atoms with Gasteiger partial charge in [-0.25, -0.2) is 0 Å². The van der Waals surface area contributed by atoms with Crippen LogP contribution in [0.25, 0.3) is 44.1 Å². The van der Waals surface area contributed by atoms with Gasteiger partial charge in [0.05, 0.1) is 23.9 Å². The highest BCUT2D eigenvalue weighted by Gasteiger charge is 2.23. The van der Waals surface area contributed by atoms with Crippen molar-refractivity contribution in [3.63, 3.8) is 0 Å². The molecule has 188 valence electrons. The predicted molar refractivity (Wildman–Crippen MR) is 159 cm³/mol. The monoisotopic (exact) mass is 496 g/mol. The van der Waals surface area contributed by atoms with Crippen LogP contribution in [-0.4, -0.2) is 22.3 Å². The van der Waals surface area contributed by atoms with Crippen LogP contribution in [0.15, 0.2) is 127 Å². The Hall–Kier alpha value is -4.18. The van der Waals surface area contributed by atoms with Crippen LogP contribution in [0.3, 0.4) is 0 Å². The summed E-state index contributed by atoms with van der Waals surface area (Å²) >= 11 is 0. The number of hydrogen-bond acceptors (Lipinski definition) is 2. The van der Waals surface area contributed by atoms with Crippen molar-refractivity contribution in [2.24, 2.45) is 0 Å². The molecule has 0 fully saturated rings. The summed E-state index contributed by atoms with van der Waals surface area (Å²) in [5.41, 5.74) is 7.04. The molecular weight excluding hydrogens is 464 g/mol. The summed E-state index contributed by atoms with van der Waals surface area (Å²) in [5.74, 6) is 0. The van der Waals surface area contributed by atoms with Gasteiger partial charge in [-0.3, -0.25) is 0 Å². The molecule has 3 nitrogen and oxygen atoms in total. The minimum atomic E-state index is -0.568. The number of benzene rings is 5. The highest BCUT2D eigenvalue weighted by molar-refractivity contribution is 6.15. The molecule has 6 rings (SSSR count). The van der Waals surface area contributed by atoms with Crippen molar-refractivity contribution in [1.29, 1.82) is 0 Å². The third kappa shape index (κ3) is 4.63. The van der Waals surface area contributed by atoms with Crippen LogP contribution < -0.4 is 5.32 Å². The Morgan fingerprint density at radius 3 is 1.97 bits per heavy atom. The Balaban J connectivity index is 1.50. The molecule has 2 N–H and O–H groups in total. The van der Waals surface area contributed by atoms with Crippen molar-refractivity contribution in [3.8, 4) is 22.4 Å². The van der Waals surface area contributed by atoms with E-state index in [1.54, 1.807) is 0 Å². The van der Waals surface area contributed by atoms with Crippen LogP contribution in [0.2, 0.25) is 0 Å². The molecule has 0 saturated heterocycles. The summed E-state index contributed by atoms with van der Waals surface area (Å²) in [4.78, 5) is 0.